The van der Waals surface area contributed by atoms with Crippen LogP contribution in [0.4, 0.5) is 5.13 Å². The first-order valence-electron chi connectivity index (χ1n) is 9.55. The molecule has 0 radical (unpaired) electrons. The number of carbonyl (C=O) groups is 1. The van der Waals surface area contributed by atoms with Crippen LogP contribution in [-0.4, -0.2) is 47.2 Å². The first-order chi connectivity index (χ1) is 13.5. The van der Waals surface area contributed by atoms with Crippen LogP contribution in [0.5, 0.6) is 0 Å². The summed E-state index contributed by atoms with van der Waals surface area (Å²) in [5.74, 6) is 0.382. The van der Waals surface area contributed by atoms with Gasteiger partial charge in [0.1, 0.15) is 5.01 Å². The van der Waals surface area contributed by atoms with Gasteiger partial charge in [-0.1, -0.05) is 65.4 Å². The van der Waals surface area contributed by atoms with Crippen LogP contribution < -0.4 is 4.90 Å². The highest BCUT2D eigenvalue weighted by atomic mass is 35.5. The van der Waals surface area contributed by atoms with Crippen molar-refractivity contribution in [3.05, 3.63) is 37.8 Å². The highest BCUT2D eigenvalue weighted by molar-refractivity contribution is 7.15. The molecule has 1 aromatic carbocycles. The van der Waals surface area contributed by atoms with Crippen LogP contribution in [0, 0.1) is 0 Å². The lowest BCUT2D eigenvalue weighted by Gasteiger charge is -2.34. The van der Waals surface area contributed by atoms with E-state index in [1.807, 2.05) is 0 Å². The molecule has 1 saturated heterocycles. The largest absolute Gasteiger partial charge is 0.343 e. The summed E-state index contributed by atoms with van der Waals surface area (Å²) in [5.41, 5.74) is 0.278. The maximum absolute atomic E-state index is 12.9. The Labute approximate surface area is 183 Å². The second-order valence-electron chi connectivity index (χ2n) is 7.26. The fraction of sp³-hybridized carbons (Fsp3) is 0.526. The Hall–Kier alpha value is -1.08. The number of hydrogen-bond donors (Lipinski definition) is 0. The third-order valence-corrected chi connectivity index (χ3v) is 7.75. The molecule has 2 aromatic rings. The summed E-state index contributed by atoms with van der Waals surface area (Å²) in [6.45, 7) is 2.58. The zero-order chi connectivity index (χ0) is 19.7. The monoisotopic (exact) mass is 458 g/mol. The molecule has 28 heavy (non-hydrogen) atoms. The van der Waals surface area contributed by atoms with E-state index in [2.05, 4.69) is 15.1 Å². The lowest BCUT2D eigenvalue weighted by atomic mass is 9.90. The van der Waals surface area contributed by atoms with Crippen LogP contribution in [0.15, 0.2) is 12.1 Å². The minimum Gasteiger partial charge on any atom is -0.343 e. The molecule has 0 unspecified atom stereocenters. The van der Waals surface area contributed by atoms with E-state index in [4.69, 9.17) is 34.8 Å². The van der Waals surface area contributed by atoms with Crippen LogP contribution in [0.2, 0.25) is 15.1 Å². The van der Waals surface area contributed by atoms with Gasteiger partial charge in [-0.3, -0.25) is 4.79 Å². The summed E-state index contributed by atoms with van der Waals surface area (Å²) in [6.07, 6.45) is 6.35. The number of anilines is 1. The predicted molar refractivity (Wildman–Crippen MR) is 115 cm³/mol. The van der Waals surface area contributed by atoms with Crippen LogP contribution in [0.1, 0.15) is 53.4 Å². The van der Waals surface area contributed by atoms with Gasteiger partial charge in [0.25, 0.3) is 5.91 Å². The van der Waals surface area contributed by atoms with Crippen molar-refractivity contribution in [2.75, 3.05) is 31.1 Å². The Morgan fingerprint density at radius 2 is 1.64 bits per heavy atom. The van der Waals surface area contributed by atoms with E-state index in [9.17, 15) is 4.79 Å². The van der Waals surface area contributed by atoms with Crippen LogP contribution in [0.25, 0.3) is 0 Å². The van der Waals surface area contributed by atoms with Crippen molar-refractivity contribution in [2.45, 2.75) is 38.0 Å². The van der Waals surface area contributed by atoms with Gasteiger partial charge < -0.3 is 9.80 Å². The van der Waals surface area contributed by atoms with E-state index in [1.54, 1.807) is 28.4 Å². The molecule has 2 fully saturated rings. The molecule has 0 spiro atoms. The molecule has 1 amide bonds. The van der Waals surface area contributed by atoms with Crippen molar-refractivity contribution in [2.24, 2.45) is 0 Å². The maximum Gasteiger partial charge on any atom is 0.257 e. The lowest BCUT2D eigenvalue weighted by molar-refractivity contribution is 0.0747. The van der Waals surface area contributed by atoms with Gasteiger partial charge in [-0.05, 0) is 25.0 Å². The molecule has 9 heteroatoms. The van der Waals surface area contributed by atoms with Crippen molar-refractivity contribution in [1.29, 1.82) is 0 Å². The topological polar surface area (TPSA) is 49.3 Å². The molecule has 4 rings (SSSR count). The molecular weight excluding hydrogens is 439 g/mol. The van der Waals surface area contributed by atoms with Gasteiger partial charge in [-0.2, -0.15) is 0 Å². The minimum absolute atomic E-state index is 0.183. The Kier molecular flexibility index (Phi) is 6.30. The van der Waals surface area contributed by atoms with Gasteiger partial charge in [-0.25, -0.2) is 0 Å². The van der Waals surface area contributed by atoms with E-state index in [-0.39, 0.29) is 16.5 Å². The molecule has 1 aromatic heterocycles. The molecular formula is C19H21Cl3N4OS. The number of amides is 1. The highest BCUT2D eigenvalue weighted by Crippen LogP contribution is 2.36. The van der Waals surface area contributed by atoms with Crippen molar-refractivity contribution in [3.63, 3.8) is 0 Å². The van der Waals surface area contributed by atoms with Crippen molar-refractivity contribution < 1.29 is 4.79 Å². The third-order valence-electron chi connectivity index (χ3n) is 5.48. The number of benzene rings is 1. The summed E-state index contributed by atoms with van der Waals surface area (Å²) in [6, 6.07) is 3.20. The standard InChI is InChI=1S/C19H21Cl3N4OS/c20-13-6-7-14(21)16(22)15(13)18(27)25-8-10-26(11-9-25)19-24-23-17(28-19)12-4-2-1-3-5-12/h6-7,12H,1-5,8-11H2. The zero-order valence-electron chi connectivity index (χ0n) is 15.3. The Balaban J connectivity index is 1.40. The molecule has 5 nitrogen and oxygen atoms in total. The molecule has 2 aliphatic rings. The number of aromatic nitrogens is 2. The van der Waals surface area contributed by atoms with E-state index in [1.165, 1.54) is 32.1 Å². The van der Waals surface area contributed by atoms with Gasteiger partial charge in [0, 0.05) is 32.1 Å². The Morgan fingerprint density at radius 3 is 2.36 bits per heavy atom. The first kappa shape index (κ1) is 20.2. The summed E-state index contributed by atoms with van der Waals surface area (Å²) >= 11 is 20.2. The van der Waals surface area contributed by atoms with Crippen molar-refractivity contribution in [1.82, 2.24) is 15.1 Å². The molecule has 150 valence electrons. The fourth-order valence-corrected chi connectivity index (χ4v) is 5.60. The quantitative estimate of drug-likeness (QED) is 0.568. The molecule has 0 bridgehead atoms. The zero-order valence-corrected chi connectivity index (χ0v) is 18.4. The number of carbonyl (C=O) groups excluding carboxylic acids is 1. The molecule has 1 aliphatic carbocycles. The number of halogens is 3. The summed E-state index contributed by atoms with van der Waals surface area (Å²) in [4.78, 5) is 16.9. The average molecular weight is 460 g/mol. The van der Waals surface area contributed by atoms with E-state index >= 15 is 0 Å². The van der Waals surface area contributed by atoms with Gasteiger partial charge in [0.2, 0.25) is 5.13 Å². The normalized spacial score (nSPS) is 18.5. The molecule has 0 N–H and O–H groups in total. The maximum atomic E-state index is 12.9. The van der Waals surface area contributed by atoms with Gasteiger partial charge in [-0.15, -0.1) is 10.2 Å². The van der Waals surface area contributed by atoms with Crippen LogP contribution >= 0.6 is 46.1 Å². The molecule has 0 atom stereocenters. The minimum atomic E-state index is -0.183. The van der Waals surface area contributed by atoms with Gasteiger partial charge in [0.15, 0.2) is 0 Å². The predicted octanol–water partition coefficient (Wildman–Crippen LogP) is 5.51. The van der Waals surface area contributed by atoms with E-state index in [0.29, 0.717) is 42.1 Å². The average Bonchev–Trinajstić information content (AvgIpc) is 3.22. The van der Waals surface area contributed by atoms with E-state index < -0.39 is 0 Å². The number of rotatable bonds is 3. The second kappa shape index (κ2) is 8.74. The highest BCUT2D eigenvalue weighted by Gasteiger charge is 2.28. The second-order valence-corrected chi connectivity index (χ2v) is 9.44. The van der Waals surface area contributed by atoms with Crippen molar-refractivity contribution in [3.8, 4) is 0 Å². The molecule has 1 saturated carbocycles. The summed E-state index contributed by atoms with van der Waals surface area (Å²) < 4.78 is 0. The Bertz CT molecular complexity index is 861. The summed E-state index contributed by atoms with van der Waals surface area (Å²) in [7, 11) is 0. The molecule has 1 aliphatic heterocycles. The van der Waals surface area contributed by atoms with Crippen LogP contribution in [0.3, 0.4) is 0 Å². The van der Waals surface area contributed by atoms with Crippen molar-refractivity contribution >= 4 is 57.2 Å². The fourth-order valence-electron chi connectivity index (χ4n) is 3.85. The number of hydrogen-bond acceptors (Lipinski definition) is 5. The lowest BCUT2D eigenvalue weighted by Crippen LogP contribution is -2.49. The number of piperazine rings is 1. The summed E-state index contributed by atoms with van der Waals surface area (Å²) in [5, 5.41) is 11.8. The SMILES string of the molecule is O=C(c1c(Cl)ccc(Cl)c1Cl)N1CCN(c2nnc(C3CCCCC3)s2)CC1. The van der Waals surface area contributed by atoms with Crippen LogP contribution in [-0.2, 0) is 0 Å². The third kappa shape index (κ3) is 4.11. The molecule has 2 heterocycles. The first-order valence-corrected chi connectivity index (χ1v) is 11.5. The van der Waals surface area contributed by atoms with E-state index in [0.717, 1.165) is 10.1 Å². The number of nitrogens with zero attached hydrogens (tertiary/aromatic N) is 4. The Morgan fingerprint density at radius 1 is 0.964 bits per heavy atom. The smallest absolute Gasteiger partial charge is 0.257 e. The van der Waals surface area contributed by atoms with Gasteiger partial charge >= 0.3 is 0 Å². The van der Waals surface area contributed by atoms with Gasteiger partial charge in [0.05, 0.1) is 20.6 Å².